The highest BCUT2D eigenvalue weighted by atomic mass is 16.5. The maximum Gasteiger partial charge on any atom is 0.313 e. The molecule has 1 unspecified atom stereocenters. The SMILES string of the molecule is CCC(C(=O)OC)c1cc(O)ccc1O. The Bertz CT molecular complexity index is 360. The van der Waals surface area contributed by atoms with Crippen LogP contribution in [0.15, 0.2) is 18.2 Å². The summed E-state index contributed by atoms with van der Waals surface area (Å²) >= 11 is 0. The smallest absolute Gasteiger partial charge is 0.313 e. The van der Waals surface area contributed by atoms with E-state index in [0.717, 1.165) is 0 Å². The quantitative estimate of drug-likeness (QED) is 0.589. The predicted molar refractivity (Wildman–Crippen MR) is 54.8 cm³/mol. The van der Waals surface area contributed by atoms with E-state index in [2.05, 4.69) is 4.74 Å². The van der Waals surface area contributed by atoms with Gasteiger partial charge in [0.25, 0.3) is 0 Å². The summed E-state index contributed by atoms with van der Waals surface area (Å²) in [6, 6.07) is 4.10. The molecule has 0 saturated carbocycles. The van der Waals surface area contributed by atoms with Crippen molar-refractivity contribution < 1.29 is 19.7 Å². The van der Waals surface area contributed by atoms with E-state index in [-0.39, 0.29) is 11.5 Å². The molecule has 0 fully saturated rings. The summed E-state index contributed by atoms with van der Waals surface area (Å²) in [6.45, 7) is 1.81. The van der Waals surface area contributed by atoms with Gasteiger partial charge < -0.3 is 14.9 Å². The number of hydrogen-bond donors (Lipinski definition) is 2. The molecule has 4 heteroatoms. The number of aromatic hydroxyl groups is 2. The molecule has 0 aliphatic heterocycles. The third-order valence-electron chi connectivity index (χ3n) is 2.28. The molecule has 0 saturated heterocycles. The summed E-state index contributed by atoms with van der Waals surface area (Å²) in [5.41, 5.74) is 0.393. The zero-order chi connectivity index (χ0) is 11.4. The van der Waals surface area contributed by atoms with E-state index in [1.54, 1.807) is 0 Å². The van der Waals surface area contributed by atoms with Gasteiger partial charge in [-0.25, -0.2) is 0 Å². The van der Waals surface area contributed by atoms with Crippen molar-refractivity contribution in [3.8, 4) is 11.5 Å². The fourth-order valence-corrected chi connectivity index (χ4v) is 1.48. The summed E-state index contributed by atoms with van der Waals surface area (Å²) < 4.78 is 4.62. The standard InChI is InChI=1S/C11H14O4/c1-3-8(11(14)15-2)9-6-7(12)4-5-10(9)13/h4-6,8,12-13H,3H2,1-2H3. The minimum Gasteiger partial charge on any atom is -0.508 e. The second-order valence-corrected chi connectivity index (χ2v) is 3.23. The normalized spacial score (nSPS) is 12.1. The van der Waals surface area contributed by atoms with E-state index in [4.69, 9.17) is 0 Å². The average Bonchev–Trinajstić information content (AvgIpc) is 2.23. The minimum atomic E-state index is -0.540. The lowest BCUT2D eigenvalue weighted by Gasteiger charge is -2.14. The molecular weight excluding hydrogens is 196 g/mol. The Morgan fingerprint density at radius 2 is 2.13 bits per heavy atom. The third kappa shape index (κ3) is 2.40. The molecule has 1 aromatic rings. The maximum absolute atomic E-state index is 11.4. The average molecular weight is 210 g/mol. The van der Waals surface area contributed by atoms with E-state index >= 15 is 0 Å². The molecule has 82 valence electrons. The second kappa shape index (κ2) is 4.68. The van der Waals surface area contributed by atoms with Crippen LogP contribution in [0.3, 0.4) is 0 Å². The molecule has 1 atom stereocenters. The number of hydrogen-bond acceptors (Lipinski definition) is 4. The van der Waals surface area contributed by atoms with Crippen molar-refractivity contribution in [1.29, 1.82) is 0 Å². The molecular formula is C11H14O4. The molecule has 0 aliphatic rings. The molecule has 2 N–H and O–H groups in total. The lowest BCUT2D eigenvalue weighted by atomic mass is 9.95. The van der Waals surface area contributed by atoms with Crippen molar-refractivity contribution in [1.82, 2.24) is 0 Å². The largest absolute Gasteiger partial charge is 0.508 e. The van der Waals surface area contributed by atoms with E-state index in [1.807, 2.05) is 6.92 Å². The van der Waals surface area contributed by atoms with Crippen LogP contribution < -0.4 is 0 Å². The zero-order valence-corrected chi connectivity index (χ0v) is 8.73. The van der Waals surface area contributed by atoms with Crippen LogP contribution >= 0.6 is 0 Å². The fourth-order valence-electron chi connectivity index (χ4n) is 1.48. The van der Waals surface area contributed by atoms with Gasteiger partial charge in [-0.15, -0.1) is 0 Å². The number of rotatable bonds is 3. The van der Waals surface area contributed by atoms with Gasteiger partial charge in [-0.05, 0) is 24.6 Å². The number of methoxy groups -OCH3 is 1. The summed E-state index contributed by atoms with van der Waals surface area (Å²) in [5, 5.41) is 18.8. The monoisotopic (exact) mass is 210 g/mol. The first-order valence-corrected chi connectivity index (χ1v) is 4.69. The molecule has 1 rings (SSSR count). The van der Waals surface area contributed by atoms with Crippen LogP contribution in [0.5, 0.6) is 11.5 Å². The Hall–Kier alpha value is -1.71. The van der Waals surface area contributed by atoms with E-state index < -0.39 is 11.9 Å². The van der Waals surface area contributed by atoms with Crippen LogP contribution in [-0.4, -0.2) is 23.3 Å². The highest BCUT2D eigenvalue weighted by molar-refractivity contribution is 5.79. The molecule has 0 amide bonds. The lowest BCUT2D eigenvalue weighted by molar-refractivity contribution is -0.142. The summed E-state index contributed by atoms with van der Waals surface area (Å²) in [4.78, 5) is 11.4. The van der Waals surface area contributed by atoms with Gasteiger partial charge in [0.2, 0.25) is 0 Å². The van der Waals surface area contributed by atoms with Crippen molar-refractivity contribution in [2.24, 2.45) is 0 Å². The fraction of sp³-hybridized carbons (Fsp3) is 0.364. The minimum absolute atomic E-state index is 0.00921. The number of esters is 1. The summed E-state index contributed by atoms with van der Waals surface area (Å²) in [7, 11) is 1.30. The lowest BCUT2D eigenvalue weighted by Crippen LogP contribution is -2.13. The number of phenols is 2. The number of benzene rings is 1. The van der Waals surface area contributed by atoms with Crippen molar-refractivity contribution in [3.05, 3.63) is 23.8 Å². The Morgan fingerprint density at radius 1 is 1.47 bits per heavy atom. The highest BCUT2D eigenvalue weighted by Gasteiger charge is 2.22. The van der Waals surface area contributed by atoms with Crippen molar-refractivity contribution >= 4 is 5.97 Å². The van der Waals surface area contributed by atoms with Gasteiger partial charge in [0.05, 0.1) is 13.0 Å². The van der Waals surface area contributed by atoms with Gasteiger partial charge in [0.15, 0.2) is 0 Å². The number of ether oxygens (including phenoxy) is 1. The Balaban J connectivity index is 3.11. The van der Waals surface area contributed by atoms with Gasteiger partial charge >= 0.3 is 5.97 Å². The van der Waals surface area contributed by atoms with Crippen molar-refractivity contribution in [2.75, 3.05) is 7.11 Å². The first-order chi connectivity index (χ1) is 7.10. The van der Waals surface area contributed by atoms with Crippen molar-refractivity contribution in [3.63, 3.8) is 0 Å². The summed E-state index contributed by atoms with van der Waals surface area (Å²) in [6.07, 6.45) is 0.504. The molecule has 15 heavy (non-hydrogen) atoms. The van der Waals surface area contributed by atoms with E-state index in [0.29, 0.717) is 12.0 Å². The van der Waals surface area contributed by atoms with Gasteiger partial charge in [-0.1, -0.05) is 6.92 Å². The number of carbonyl (C=O) groups is 1. The van der Waals surface area contributed by atoms with Gasteiger partial charge in [-0.2, -0.15) is 0 Å². The third-order valence-corrected chi connectivity index (χ3v) is 2.28. The number of phenolic OH excluding ortho intramolecular Hbond substituents is 2. The Labute approximate surface area is 88.1 Å². The van der Waals surface area contributed by atoms with Crippen molar-refractivity contribution in [2.45, 2.75) is 19.3 Å². The molecule has 1 aromatic carbocycles. The van der Waals surface area contributed by atoms with Gasteiger partial charge in [0.1, 0.15) is 11.5 Å². The number of carbonyl (C=O) groups excluding carboxylic acids is 1. The molecule has 0 bridgehead atoms. The Morgan fingerprint density at radius 3 is 2.67 bits per heavy atom. The van der Waals surface area contributed by atoms with Crippen LogP contribution in [0.2, 0.25) is 0 Å². The highest BCUT2D eigenvalue weighted by Crippen LogP contribution is 2.31. The molecule has 0 spiro atoms. The first kappa shape index (κ1) is 11.4. The molecule has 0 radical (unpaired) electrons. The Kier molecular flexibility index (Phi) is 3.55. The summed E-state index contributed by atoms with van der Waals surface area (Å²) in [5.74, 6) is -0.948. The van der Waals surface area contributed by atoms with E-state index in [9.17, 15) is 15.0 Å². The van der Waals surface area contributed by atoms with Crippen LogP contribution in [0, 0.1) is 0 Å². The molecule has 0 aliphatic carbocycles. The van der Waals surface area contributed by atoms with E-state index in [1.165, 1.54) is 25.3 Å². The van der Waals surface area contributed by atoms with Gasteiger partial charge in [0, 0.05) is 5.56 Å². The van der Waals surface area contributed by atoms with Crippen LogP contribution in [0.25, 0.3) is 0 Å². The first-order valence-electron chi connectivity index (χ1n) is 4.69. The van der Waals surface area contributed by atoms with Crippen LogP contribution in [-0.2, 0) is 9.53 Å². The topological polar surface area (TPSA) is 66.8 Å². The molecule has 0 heterocycles. The second-order valence-electron chi connectivity index (χ2n) is 3.23. The predicted octanol–water partition coefficient (Wildman–Crippen LogP) is 1.76. The van der Waals surface area contributed by atoms with Crippen LogP contribution in [0.4, 0.5) is 0 Å². The van der Waals surface area contributed by atoms with Gasteiger partial charge in [-0.3, -0.25) is 4.79 Å². The zero-order valence-electron chi connectivity index (χ0n) is 8.73. The maximum atomic E-state index is 11.4. The van der Waals surface area contributed by atoms with Crippen LogP contribution in [0.1, 0.15) is 24.8 Å². The molecule has 0 aromatic heterocycles. The molecule has 4 nitrogen and oxygen atoms in total.